The molecule has 1 spiro atoms. The van der Waals surface area contributed by atoms with E-state index in [1.165, 1.54) is 0 Å². The standard InChI is InChI=1S/C56H35N5O/c1-5-18-36(19-6-1)47-35-48(37-20-7-2-8-21-37)58-55(57-47)42-27-17-26-41-43-34-40(54-60-52(38-22-9-3-10-23-38)59-53(61-54)39-24-11-4-12-25-39)32-33-44(43)56(51(41)42)45-28-13-15-30-49(45)62-50-31-16-14-29-46(50)56/h1-35H. The maximum absolute atomic E-state index is 6.74. The van der Waals surface area contributed by atoms with E-state index in [0.29, 0.717) is 23.3 Å². The van der Waals surface area contributed by atoms with Crippen LogP contribution in [0.1, 0.15) is 22.3 Å². The predicted octanol–water partition coefficient (Wildman–Crippen LogP) is 13.1. The molecule has 0 radical (unpaired) electrons. The number of ether oxygens (including phenoxy) is 1. The van der Waals surface area contributed by atoms with Gasteiger partial charge in [0.1, 0.15) is 11.5 Å². The van der Waals surface area contributed by atoms with Crippen LogP contribution in [0.2, 0.25) is 0 Å². The number of rotatable bonds is 6. The average molecular weight is 794 g/mol. The Morgan fingerprint density at radius 3 is 1.27 bits per heavy atom. The summed E-state index contributed by atoms with van der Waals surface area (Å²) in [5, 5.41) is 0. The van der Waals surface area contributed by atoms with E-state index in [9.17, 15) is 0 Å². The molecule has 6 nitrogen and oxygen atoms in total. The molecular weight excluding hydrogens is 759 g/mol. The monoisotopic (exact) mass is 793 g/mol. The molecule has 0 atom stereocenters. The highest BCUT2D eigenvalue weighted by Crippen LogP contribution is 2.64. The number of hydrogen-bond acceptors (Lipinski definition) is 6. The SMILES string of the molecule is c1ccc(-c2cc(-c3ccccc3)nc(-c3cccc4c3C3(c5ccccc5Oc5ccccc53)c3ccc(-c5nc(-c6ccccc6)nc(-c6ccccc6)n5)cc3-4)n2)cc1. The van der Waals surface area contributed by atoms with Crippen molar-refractivity contribution < 1.29 is 4.74 Å². The number of hydrogen-bond donors (Lipinski definition) is 0. The van der Waals surface area contributed by atoms with E-state index < -0.39 is 5.41 Å². The average Bonchev–Trinajstić information content (AvgIpc) is 3.65. The number of aromatic nitrogens is 5. The van der Waals surface area contributed by atoms with Crippen molar-refractivity contribution in [2.75, 3.05) is 0 Å². The molecule has 62 heavy (non-hydrogen) atoms. The molecule has 2 aliphatic rings. The van der Waals surface area contributed by atoms with Crippen LogP contribution in [0.25, 0.3) is 79.2 Å². The fourth-order valence-electron chi connectivity index (χ4n) is 9.31. The zero-order chi connectivity index (χ0) is 41.0. The van der Waals surface area contributed by atoms with E-state index in [-0.39, 0.29) is 0 Å². The van der Waals surface area contributed by atoms with E-state index in [2.05, 4.69) is 127 Å². The van der Waals surface area contributed by atoms with E-state index >= 15 is 0 Å². The Morgan fingerprint density at radius 2 is 0.742 bits per heavy atom. The maximum atomic E-state index is 6.74. The first-order chi connectivity index (χ1) is 30.7. The summed E-state index contributed by atoms with van der Waals surface area (Å²) < 4.78 is 6.74. The Balaban J connectivity index is 1.15. The highest BCUT2D eigenvalue weighted by atomic mass is 16.5. The molecular formula is C56H35N5O. The second-order valence-corrected chi connectivity index (χ2v) is 15.6. The summed E-state index contributed by atoms with van der Waals surface area (Å²) in [5.74, 6) is 4.10. The van der Waals surface area contributed by atoms with Gasteiger partial charge in [0.2, 0.25) is 0 Å². The third-order valence-corrected chi connectivity index (χ3v) is 12.0. The second-order valence-electron chi connectivity index (χ2n) is 15.6. The van der Waals surface area contributed by atoms with Gasteiger partial charge in [0.05, 0.1) is 16.8 Å². The van der Waals surface area contributed by atoms with Gasteiger partial charge in [-0.05, 0) is 46.5 Å². The molecule has 12 rings (SSSR count). The molecule has 1 aliphatic heterocycles. The lowest BCUT2D eigenvalue weighted by Gasteiger charge is -2.40. The fourth-order valence-corrected chi connectivity index (χ4v) is 9.31. The third kappa shape index (κ3) is 5.69. The minimum atomic E-state index is -0.784. The summed E-state index contributed by atoms with van der Waals surface area (Å²) in [6.45, 7) is 0. The van der Waals surface area contributed by atoms with Gasteiger partial charge in [-0.2, -0.15) is 0 Å². The summed E-state index contributed by atoms with van der Waals surface area (Å²) in [4.78, 5) is 26.1. The van der Waals surface area contributed by atoms with Crippen molar-refractivity contribution in [2.45, 2.75) is 5.41 Å². The van der Waals surface area contributed by atoms with Crippen molar-refractivity contribution in [1.82, 2.24) is 24.9 Å². The van der Waals surface area contributed by atoms with Crippen LogP contribution in [0.3, 0.4) is 0 Å². The molecule has 6 heteroatoms. The lowest BCUT2D eigenvalue weighted by molar-refractivity contribution is 0.436. The topological polar surface area (TPSA) is 73.7 Å². The van der Waals surface area contributed by atoms with E-state index in [0.717, 1.165) is 89.6 Å². The van der Waals surface area contributed by atoms with Gasteiger partial charge < -0.3 is 4.74 Å². The molecule has 1 aliphatic carbocycles. The number of nitrogens with zero attached hydrogens (tertiary/aromatic N) is 5. The molecule has 0 saturated heterocycles. The lowest BCUT2D eigenvalue weighted by atomic mass is 9.65. The van der Waals surface area contributed by atoms with Crippen LogP contribution in [-0.2, 0) is 5.41 Å². The Labute approximate surface area is 359 Å². The van der Waals surface area contributed by atoms with Crippen molar-refractivity contribution in [3.05, 3.63) is 235 Å². The van der Waals surface area contributed by atoms with Gasteiger partial charge in [0.15, 0.2) is 23.3 Å². The number of para-hydroxylation sites is 2. The third-order valence-electron chi connectivity index (χ3n) is 12.0. The van der Waals surface area contributed by atoms with Gasteiger partial charge in [-0.3, -0.25) is 0 Å². The van der Waals surface area contributed by atoms with Crippen LogP contribution in [0, 0.1) is 0 Å². The second kappa shape index (κ2) is 14.4. The molecule has 0 amide bonds. The maximum Gasteiger partial charge on any atom is 0.164 e. The van der Waals surface area contributed by atoms with E-state index in [1.807, 2.05) is 84.9 Å². The first-order valence-corrected chi connectivity index (χ1v) is 20.8. The molecule has 10 aromatic rings. The minimum Gasteiger partial charge on any atom is -0.457 e. The molecule has 2 aromatic heterocycles. The molecule has 0 N–H and O–H groups in total. The van der Waals surface area contributed by atoms with Crippen molar-refractivity contribution in [2.24, 2.45) is 0 Å². The van der Waals surface area contributed by atoms with Crippen molar-refractivity contribution in [3.8, 4) is 90.7 Å². The van der Waals surface area contributed by atoms with E-state index in [4.69, 9.17) is 29.7 Å². The molecule has 8 aromatic carbocycles. The van der Waals surface area contributed by atoms with Gasteiger partial charge in [-0.1, -0.05) is 188 Å². The largest absolute Gasteiger partial charge is 0.457 e. The smallest absolute Gasteiger partial charge is 0.164 e. The van der Waals surface area contributed by atoms with Crippen LogP contribution >= 0.6 is 0 Å². The normalized spacial score (nSPS) is 12.8. The summed E-state index contributed by atoms with van der Waals surface area (Å²) in [6, 6.07) is 73.0. The highest BCUT2D eigenvalue weighted by molar-refractivity contribution is 5.95. The summed E-state index contributed by atoms with van der Waals surface area (Å²) in [7, 11) is 0. The van der Waals surface area contributed by atoms with E-state index in [1.54, 1.807) is 0 Å². The van der Waals surface area contributed by atoms with Crippen LogP contribution in [0.5, 0.6) is 11.5 Å². The van der Waals surface area contributed by atoms with Gasteiger partial charge >= 0.3 is 0 Å². The highest BCUT2D eigenvalue weighted by Gasteiger charge is 2.52. The van der Waals surface area contributed by atoms with Crippen LogP contribution < -0.4 is 4.74 Å². The van der Waals surface area contributed by atoms with Crippen molar-refractivity contribution >= 4 is 0 Å². The number of benzene rings is 8. The minimum absolute atomic E-state index is 0.596. The summed E-state index contributed by atoms with van der Waals surface area (Å²) >= 11 is 0. The fraction of sp³-hybridized carbons (Fsp3) is 0.0179. The Hall–Kier alpha value is -8.35. The Kier molecular flexibility index (Phi) is 8.28. The molecule has 0 fully saturated rings. The summed E-state index contributed by atoms with van der Waals surface area (Å²) in [6.07, 6.45) is 0. The first kappa shape index (κ1) is 35.6. The van der Waals surface area contributed by atoms with Crippen molar-refractivity contribution in [1.29, 1.82) is 0 Å². The first-order valence-electron chi connectivity index (χ1n) is 20.8. The van der Waals surface area contributed by atoms with Gasteiger partial charge in [0.25, 0.3) is 0 Å². The predicted molar refractivity (Wildman–Crippen MR) is 245 cm³/mol. The summed E-state index contributed by atoms with van der Waals surface area (Å²) in [5.41, 5.74) is 13.1. The van der Waals surface area contributed by atoms with Crippen LogP contribution in [-0.4, -0.2) is 24.9 Å². The molecule has 0 unspecified atom stereocenters. The van der Waals surface area contributed by atoms with Crippen molar-refractivity contribution in [3.63, 3.8) is 0 Å². The van der Waals surface area contributed by atoms with Gasteiger partial charge in [-0.15, -0.1) is 0 Å². The Bertz CT molecular complexity index is 3160. The molecule has 290 valence electrons. The Morgan fingerprint density at radius 1 is 0.290 bits per heavy atom. The zero-order valence-corrected chi connectivity index (χ0v) is 33.4. The molecule has 0 bridgehead atoms. The number of fused-ring (bicyclic) bond motifs is 9. The quantitative estimate of drug-likeness (QED) is 0.167. The van der Waals surface area contributed by atoms with Gasteiger partial charge in [0, 0.05) is 44.5 Å². The van der Waals surface area contributed by atoms with Crippen LogP contribution in [0.4, 0.5) is 0 Å². The molecule has 0 saturated carbocycles. The lowest BCUT2D eigenvalue weighted by Crippen LogP contribution is -2.32. The van der Waals surface area contributed by atoms with Crippen LogP contribution in [0.15, 0.2) is 212 Å². The zero-order valence-electron chi connectivity index (χ0n) is 33.4. The van der Waals surface area contributed by atoms with Gasteiger partial charge in [-0.25, -0.2) is 24.9 Å². The molecule has 3 heterocycles.